The number of halogens is 1. The van der Waals surface area contributed by atoms with Gasteiger partial charge >= 0.3 is 0 Å². The lowest BCUT2D eigenvalue weighted by Crippen LogP contribution is -2.35. The van der Waals surface area contributed by atoms with Crippen LogP contribution in [0.3, 0.4) is 0 Å². The number of nitrogens with zero attached hydrogens (tertiary/aromatic N) is 1. The van der Waals surface area contributed by atoms with E-state index in [4.69, 9.17) is 10.5 Å². The first-order valence-electron chi connectivity index (χ1n) is 5.55. The summed E-state index contributed by atoms with van der Waals surface area (Å²) >= 11 is 0. The lowest BCUT2D eigenvalue weighted by Gasteiger charge is -2.29. The summed E-state index contributed by atoms with van der Waals surface area (Å²) in [7, 11) is 2.08. The number of nitrogens with two attached hydrogens (primary N) is 1. The van der Waals surface area contributed by atoms with Crippen LogP contribution in [0.15, 0.2) is 18.2 Å². The Bertz CT molecular complexity index is 362. The summed E-state index contributed by atoms with van der Waals surface area (Å²) < 4.78 is 19.1. The number of anilines is 1. The second-order valence-corrected chi connectivity index (χ2v) is 4.31. The van der Waals surface area contributed by atoms with E-state index in [0.717, 1.165) is 25.9 Å². The number of piperidine rings is 1. The van der Waals surface area contributed by atoms with Crippen molar-refractivity contribution in [2.45, 2.75) is 18.9 Å². The van der Waals surface area contributed by atoms with E-state index in [1.54, 1.807) is 12.1 Å². The van der Waals surface area contributed by atoms with Crippen LogP contribution in [0, 0.1) is 5.82 Å². The van der Waals surface area contributed by atoms with Gasteiger partial charge in [0.1, 0.15) is 6.10 Å². The fourth-order valence-electron chi connectivity index (χ4n) is 1.89. The minimum absolute atomic E-state index is 0.120. The Morgan fingerprint density at radius 3 is 2.69 bits per heavy atom. The van der Waals surface area contributed by atoms with Gasteiger partial charge in [-0.05, 0) is 32.0 Å². The highest BCUT2D eigenvalue weighted by atomic mass is 19.1. The SMILES string of the molecule is CN1CCC(Oc2ccc(N)cc2F)CC1. The highest BCUT2D eigenvalue weighted by molar-refractivity contribution is 5.42. The Kier molecular flexibility index (Phi) is 3.29. The minimum Gasteiger partial charge on any atom is -0.487 e. The zero-order chi connectivity index (χ0) is 11.5. The third-order valence-electron chi connectivity index (χ3n) is 2.92. The lowest BCUT2D eigenvalue weighted by molar-refractivity contribution is 0.110. The van der Waals surface area contributed by atoms with Crippen LogP contribution < -0.4 is 10.5 Å². The van der Waals surface area contributed by atoms with E-state index in [2.05, 4.69) is 11.9 Å². The molecule has 88 valence electrons. The smallest absolute Gasteiger partial charge is 0.167 e. The zero-order valence-corrected chi connectivity index (χ0v) is 9.45. The first-order chi connectivity index (χ1) is 7.65. The van der Waals surface area contributed by atoms with Crippen molar-refractivity contribution in [2.24, 2.45) is 0 Å². The first kappa shape index (κ1) is 11.2. The highest BCUT2D eigenvalue weighted by Gasteiger charge is 2.19. The molecule has 1 saturated heterocycles. The Balaban J connectivity index is 1.98. The van der Waals surface area contributed by atoms with E-state index in [1.807, 2.05) is 0 Å². The van der Waals surface area contributed by atoms with Crippen LogP contribution in [-0.2, 0) is 0 Å². The van der Waals surface area contributed by atoms with Gasteiger partial charge in [-0.25, -0.2) is 4.39 Å². The third-order valence-corrected chi connectivity index (χ3v) is 2.92. The predicted molar refractivity (Wildman–Crippen MR) is 62.0 cm³/mol. The molecule has 0 amide bonds. The number of ether oxygens (including phenoxy) is 1. The van der Waals surface area contributed by atoms with Gasteiger partial charge in [0.15, 0.2) is 11.6 Å². The monoisotopic (exact) mass is 224 g/mol. The molecule has 1 aromatic carbocycles. The van der Waals surface area contributed by atoms with E-state index < -0.39 is 0 Å². The van der Waals surface area contributed by atoms with Crippen molar-refractivity contribution in [1.29, 1.82) is 0 Å². The van der Waals surface area contributed by atoms with Crippen molar-refractivity contribution in [1.82, 2.24) is 4.90 Å². The first-order valence-corrected chi connectivity index (χ1v) is 5.55. The molecule has 0 atom stereocenters. The molecule has 0 saturated carbocycles. The Morgan fingerprint density at radius 1 is 1.38 bits per heavy atom. The van der Waals surface area contributed by atoms with E-state index in [1.165, 1.54) is 6.07 Å². The largest absolute Gasteiger partial charge is 0.487 e. The zero-order valence-electron chi connectivity index (χ0n) is 9.45. The van der Waals surface area contributed by atoms with Gasteiger partial charge in [0.05, 0.1) is 0 Å². The van der Waals surface area contributed by atoms with E-state index in [-0.39, 0.29) is 11.9 Å². The fraction of sp³-hybridized carbons (Fsp3) is 0.500. The molecule has 1 fully saturated rings. The summed E-state index contributed by atoms with van der Waals surface area (Å²) in [4.78, 5) is 2.25. The number of hydrogen-bond donors (Lipinski definition) is 1. The molecule has 0 radical (unpaired) electrons. The van der Waals surface area contributed by atoms with E-state index in [9.17, 15) is 4.39 Å². The quantitative estimate of drug-likeness (QED) is 0.779. The summed E-state index contributed by atoms with van der Waals surface area (Å²) in [5.74, 6) is -0.0670. The molecule has 2 rings (SSSR count). The van der Waals surface area contributed by atoms with Crippen LogP contribution in [0.2, 0.25) is 0 Å². The summed E-state index contributed by atoms with van der Waals surface area (Å²) in [5, 5.41) is 0. The molecular weight excluding hydrogens is 207 g/mol. The summed E-state index contributed by atoms with van der Waals surface area (Å²) in [5.41, 5.74) is 5.90. The number of nitrogen functional groups attached to an aromatic ring is 1. The normalized spacial score (nSPS) is 18.6. The van der Waals surface area contributed by atoms with Gasteiger partial charge in [-0.3, -0.25) is 0 Å². The number of hydrogen-bond acceptors (Lipinski definition) is 3. The van der Waals surface area contributed by atoms with Crippen molar-refractivity contribution in [3.05, 3.63) is 24.0 Å². The van der Waals surface area contributed by atoms with Crippen LogP contribution in [0.25, 0.3) is 0 Å². The van der Waals surface area contributed by atoms with Gasteiger partial charge in [0.25, 0.3) is 0 Å². The maximum atomic E-state index is 13.5. The molecule has 0 bridgehead atoms. The molecule has 0 spiro atoms. The van der Waals surface area contributed by atoms with Crippen molar-refractivity contribution in [3.63, 3.8) is 0 Å². The van der Waals surface area contributed by atoms with Crippen molar-refractivity contribution >= 4 is 5.69 Å². The Hall–Kier alpha value is -1.29. The molecule has 4 heteroatoms. The predicted octanol–water partition coefficient (Wildman–Crippen LogP) is 1.88. The average Bonchev–Trinajstić information content (AvgIpc) is 2.25. The van der Waals surface area contributed by atoms with Gasteiger partial charge < -0.3 is 15.4 Å². The lowest BCUT2D eigenvalue weighted by atomic mass is 10.1. The standard InChI is InChI=1S/C12H17FN2O/c1-15-6-4-10(5-7-15)16-12-3-2-9(14)8-11(12)13/h2-3,8,10H,4-7,14H2,1H3. The molecule has 3 nitrogen and oxygen atoms in total. The molecule has 2 N–H and O–H groups in total. The van der Waals surface area contributed by atoms with Crippen LogP contribution in [0.1, 0.15) is 12.8 Å². The fourth-order valence-corrected chi connectivity index (χ4v) is 1.89. The average molecular weight is 224 g/mol. The van der Waals surface area contributed by atoms with E-state index >= 15 is 0 Å². The molecule has 16 heavy (non-hydrogen) atoms. The van der Waals surface area contributed by atoms with E-state index in [0.29, 0.717) is 11.4 Å². The number of rotatable bonds is 2. The molecule has 0 aromatic heterocycles. The summed E-state index contributed by atoms with van der Waals surface area (Å²) in [6.07, 6.45) is 2.01. The molecule has 1 aliphatic heterocycles. The Morgan fingerprint density at radius 2 is 2.06 bits per heavy atom. The van der Waals surface area contributed by atoms with Crippen LogP contribution >= 0.6 is 0 Å². The topological polar surface area (TPSA) is 38.5 Å². The summed E-state index contributed by atoms with van der Waals surface area (Å²) in [6.45, 7) is 2.00. The van der Waals surface area contributed by atoms with Gasteiger partial charge in [-0.2, -0.15) is 0 Å². The van der Waals surface area contributed by atoms with Gasteiger partial charge in [-0.1, -0.05) is 0 Å². The van der Waals surface area contributed by atoms with Crippen molar-refractivity contribution in [3.8, 4) is 5.75 Å². The molecule has 0 unspecified atom stereocenters. The number of likely N-dealkylation sites (tertiary alicyclic amines) is 1. The highest BCUT2D eigenvalue weighted by Crippen LogP contribution is 2.23. The van der Waals surface area contributed by atoms with Gasteiger partial charge in [-0.15, -0.1) is 0 Å². The van der Waals surface area contributed by atoms with Crippen molar-refractivity contribution < 1.29 is 9.13 Å². The maximum absolute atomic E-state index is 13.5. The van der Waals surface area contributed by atoms with Crippen LogP contribution in [0.4, 0.5) is 10.1 Å². The molecule has 1 heterocycles. The molecule has 1 aromatic rings. The molecule has 1 aliphatic rings. The second-order valence-electron chi connectivity index (χ2n) is 4.31. The molecular formula is C12H17FN2O. The third kappa shape index (κ3) is 2.64. The van der Waals surface area contributed by atoms with Gasteiger partial charge in [0, 0.05) is 24.8 Å². The van der Waals surface area contributed by atoms with Gasteiger partial charge in [0.2, 0.25) is 0 Å². The maximum Gasteiger partial charge on any atom is 0.167 e. The summed E-state index contributed by atoms with van der Waals surface area (Å²) in [6, 6.07) is 4.56. The van der Waals surface area contributed by atoms with Crippen molar-refractivity contribution in [2.75, 3.05) is 25.9 Å². The molecule has 0 aliphatic carbocycles. The minimum atomic E-state index is -0.376. The second kappa shape index (κ2) is 4.70. The van der Waals surface area contributed by atoms with Crippen LogP contribution in [0.5, 0.6) is 5.75 Å². The van der Waals surface area contributed by atoms with Crippen LogP contribution in [-0.4, -0.2) is 31.1 Å². The Labute approximate surface area is 95.0 Å². The number of benzene rings is 1.